The first-order chi connectivity index (χ1) is 9.74. The van der Waals surface area contributed by atoms with Crippen LogP contribution in [0.3, 0.4) is 0 Å². The Hall–Kier alpha value is -2.27. The maximum atomic E-state index is 6.04. The number of halogens is 1. The average molecular weight is 286 g/mol. The molecule has 3 rings (SSSR count). The summed E-state index contributed by atoms with van der Waals surface area (Å²) in [5.74, 6) is 0.687. The molecule has 0 aliphatic rings. The van der Waals surface area contributed by atoms with Gasteiger partial charge in [-0.15, -0.1) is 10.2 Å². The summed E-state index contributed by atoms with van der Waals surface area (Å²) in [5.41, 5.74) is 1.74. The monoisotopic (exact) mass is 285 g/mol. The highest BCUT2D eigenvalue weighted by Gasteiger charge is 2.07. The van der Waals surface area contributed by atoms with Gasteiger partial charge < -0.3 is 5.32 Å². The topological polar surface area (TPSA) is 63.6 Å². The van der Waals surface area contributed by atoms with E-state index in [4.69, 9.17) is 11.6 Å². The van der Waals surface area contributed by atoms with Crippen LogP contribution < -0.4 is 5.32 Å². The first kappa shape index (κ1) is 12.7. The third kappa shape index (κ3) is 2.53. The number of hydrogen-bond acceptors (Lipinski definition) is 5. The lowest BCUT2D eigenvalue weighted by atomic mass is 10.2. The molecule has 2 aromatic heterocycles. The van der Waals surface area contributed by atoms with E-state index in [1.807, 2.05) is 31.2 Å². The van der Waals surface area contributed by atoms with Crippen LogP contribution in [0.15, 0.2) is 36.7 Å². The number of anilines is 1. The highest BCUT2D eigenvalue weighted by atomic mass is 35.5. The second-order valence-corrected chi connectivity index (χ2v) is 4.75. The van der Waals surface area contributed by atoms with Crippen LogP contribution in [-0.2, 0) is 6.54 Å². The number of rotatable bonds is 3. The van der Waals surface area contributed by atoms with E-state index in [9.17, 15) is 0 Å². The molecule has 3 aromatic rings. The van der Waals surface area contributed by atoms with E-state index >= 15 is 0 Å². The summed E-state index contributed by atoms with van der Waals surface area (Å²) in [7, 11) is 0. The molecule has 0 aliphatic carbocycles. The second kappa shape index (κ2) is 5.38. The van der Waals surface area contributed by atoms with Crippen molar-refractivity contribution < 1.29 is 0 Å². The molecule has 0 radical (unpaired) electrons. The van der Waals surface area contributed by atoms with Gasteiger partial charge in [0.2, 0.25) is 0 Å². The number of aryl methyl sites for hydroxylation is 1. The number of nitrogens with zero attached hydrogens (tertiary/aromatic N) is 4. The van der Waals surface area contributed by atoms with Crippen LogP contribution in [0.5, 0.6) is 0 Å². The van der Waals surface area contributed by atoms with Gasteiger partial charge in [0.15, 0.2) is 11.0 Å². The Bertz CT molecular complexity index is 742. The van der Waals surface area contributed by atoms with E-state index in [0.29, 0.717) is 17.5 Å². The predicted octanol–water partition coefficient (Wildman–Crippen LogP) is 2.99. The van der Waals surface area contributed by atoms with Gasteiger partial charge in [0.1, 0.15) is 0 Å². The van der Waals surface area contributed by atoms with Gasteiger partial charge in [0, 0.05) is 17.0 Å². The number of nitrogens with one attached hydrogen (secondary N) is 1. The van der Waals surface area contributed by atoms with Crippen LogP contribution in [0.4, 0.5) is 5.82 Å². The molecule has 2 heterocycles. The van der Waals surface area contributed by atoms with Crippen molar-refractivity contribution >= 4 is 28.2 Å². The second-order valence-electron chi connectivity index (χ2n) is 4.39. The Balaban J connectivity index is 1.88. The molecule has 5 nitrogen and oxygen atoms in total. The smallest absolute Gasteiger partial charge is 0.159 e. The van der Waals surface area contributed by atoms with Gasteiger partial charge in [-0.25, -0.2) is 0 Å². The molecular weight excluding hydrogens is 274 g/mol. The highest BCUT2D eigenvalue weighted by molar-refractivity contribution is 6.34. The Labute approximate surface area is 121 Å². The largest absolute Gasteiger partial charge is 0.362 e. The van der Waals surface area contributed by atoms with Gasteiger partial charge in [-0.2, -0.15) is 0 Å². The fraction of sp³-hybridized carbons (Fsp3) is 0.143. The summed E-state index contributed by atoms with van der Waals surface area (Å²) in [6, 6.07) is 7.74. The predicted molar refractivity (Wildman–Crippen MR) is 78.6 cm³/mol. The molecule has 0 amide bonds. The van der Waals surface area contributed by atoms with Crippen LogP contribution in [0, 0.1) is 6.92 Å². The molecule has 0 unspecified atom stereocenters. The van der Waals surface area contributed by atoms with Crippen molar-refractivity contribution in [2.24, 2.45) is 0 Å². The zero-order valence-electron chi connectivity index (χ0n) is 10.8. The Morgan fingerprint density at radius 2 is 1.85 bits per heavy atom. The molecule has 0 saturated heterocycles. The van der Waals surface area contributed by atoms with Crippen molar-refractivity contribution in [2.75, 3.05) is 5.32 Å². The summed E-state index contributed by atoms with van der Waals surface area (Å²) in [5, 5.41) is 13.5. The van der Waals surface area contributed by atoms with E-state index in [2.05, 4.69) is 25.5 Å². The van der Waals surface area contributed by atoms with Crippen LogP contribution in [0.25, 0.3) is 10.8 Å². The summed E-state index contributed by atoms with van der Waals surface area (Å²) >= 11 is 6.04. The minimum Gasteiger partial charge on any atom is -0.362 e. The first-order valence-electron chi connectivity index (χ1n) is 6.16. The molecule has 0 bridgehead atoms. The van der Waals surface area contributed by atoms with Crippen LogP contribution in [0.1, 0.15) is 11.4 Å². The summed E-state index contributed by atoms with van der Waals surface area (Å²) < 4.78 is 0. The quantitative estimate of drug-likeness (QED) is 0.801. The van der Waals surface area contributed by atoms with Crippen LogP contribution in [-0.4, -0.2) is 20.2 Å². The van der Waals surface area contributed by atoms with E-state index in [1.165, 1.54) is 0 Å². The van der Waals surface area contributed by atoms with Gasteiger partial charge in [-0.1, -0.05) is 35.9 Å². The molecule has 0 atom stereocenters. The molecule has 0 spiro atoms. The van der Waals surface area contributed by atoms with Crippen LogP contribution in [0.2, 0.25) is 5.15 Å². The van der Waals surface area contributed by atoms with Crippen LogP contribution >= 0.6 is 11.6 Å². The van der Waals surface area contributed by atoms with E-state index in [-0.39, 0.29) is 0 Å². The molecule has 20 heavy (non-hydrogen) atoms. The first-order valence-corrected chi connectivity index (χ1v) is 6.54. The molecule has 0 aliphatic heterocycles. The lowest BCUT2D eigenvalue weighted by molar-refractivity contribution is 0.960. The van der Waals surface area contributed by atoms with Crippen molar-refractivity contribution in [3.63, 3.8) is 0 Å². The van der Waals surface area contributed by atoms with Crippen molar-refractivity contribution in [2.45, 2.75) is 13.5 Å². The number of benzene rings is 1. The zero-order chi connectivity index (χ0) is 13.9. The normalized spacial score (nSPS) is 10.7. The third-order valence-corrected chi connectivity index (χ3v) is 3.19. The zero-order valence-corrected chi connectivity index (χ0v) is 11.6. The van der Waals surface area contributed by atoms with Gasteiger partial charge >= 0.3 is 0 Å². The molecule has 0 fully saturated rings. The lowest BCUT2D eigenvalue weighted by Gasteiger charge is -2.08. The fourth-order valence-corrected chi connectivity index (χ4v) is 2.09. The maximum absolute atomic E-state index is 6.04. The van der Waals surface area contributed by atoms with Gasteiger partial charge in [-0.05, 0) is 6.92 Å². The minimum absolute atomic E-state index is 0.404. The molecule has 1 N–H and O–H groups in total. The van der Waals surface area contributed by atoms with E-state index in [0.717, 1.165) is 22.2 Å². The molecule has 1 aromatic carbocycles. The average Bonchev–Trinajstić information content (AvgIpc) is 2.49. The summed E-state index contributed by atoms with van der Waals surface area (Å²) in [4.78, 5) is 8.50. The maximum Gasteiger partial charge on any atom is 0.159 e. The Morgan fingerprint density at radius 1 is 1.05 bits per heavy atom. The van der Waals surface area contributed by atoms with E-state index < -0.39 is 0 Å². The van der Waals surface area contributed by atoms with Gasteiger partial charge in [0.25, 0.3) is 0 Å². The highest BCUT2D eigenvalue weighted by Crippen LogP contribution is 2.25. The lowest BCUT2D eigenvalue weighted by Crippen LogP contribution is -2.05. The van der Waals surface area contributed by atoms with Crippen molar-refractivity contribution in [3.8, 4) is 0 Å². The van der Waals surface area contributed by atoms with Crippen molar-refractivity contribution in [1.29, 1.82) is 0 Å². The number of hydrogen-bond donors (Lipinski definition) is 1. The molecular formula is C14H12ClN5. The number of aromatic nitrogens is 4. The fourth-order valence-electron chi connectivity index (χ4n) is 1.89. The molecule has 100 valence electrons. The molecule has 6 heteroatoms. The van der Waals surface area contributed by atoms with Gasteiger partial charge in [0.05, 0.1) is 24.1 Å². The van der Waals surface area contributed by atoms with Crippen molar-refractivity contribution in [3.05, 3.63) is 53.2 Å². The summed E-state index contributed by atoms with van der Waals surface area (Å²) in [6.45, 7) is 2.44. The standard InChI is InChI=1S/C14H12ClN5/c1-9-6-17-10(7-16-9)8-18-14-12-5-3-2-4-11(12)13(15)19-20-14/h2-7H,8H2,1H3,(H,18,20). The molecule has 0 saturated carbocycles. The Kier molecular flexibility index (Phi) is 3.43. The van der Waals surface area contributed by atoms with Crippen molar-refractivity contribution in [1.82, 2.24) is 20.2 Å². The third-order valence-electron chi connectivity index (χ3n) is 2.91. The number of fused-ring (bicyclic) bond motifs is 1. The van der Waals surface area contributed by atoms with Gasteiger partial charge in [-0.3, -0.25) is 9.97 Å². The Morgan fingerprint density at radius 3 is 2.60 bits per heavy atom. The summed E-state index contributed by atoms with van der Waals surface area (Å²) in [6.07, 6.45) is 3.48. The SMILES string of the molecule is Cc1cnc(CNc2nnc(Cl)c3ccccc23)cn1. The minimum atomic E-state index is 0.404. The van der Waals surface area contributed by atoms with E-state index in [1.54, 1.807) is 12.4 Å².